The number of thiophene rings is 2. The Bertz CT molecular complexity index is 616. The maximum Gasteiger partial charge on any atom is 0.350 e. The smallest absolute Gasteiger partial charge is 0.350 e. The number of methoxy groups -OCH3 is 1. The molecule has 3 nitrogen and oxygen atoms in total. The molecule has 0 radical (unpaired) electrons. The average molecular weight is 407 g/mol. The lowest BCUT2D eigenvalue weighted by Crippen LogP contribution is -2.03. The zero-order chi connectivity index (χ0) is 14.2. The Morgan fingerprint density at radius 2 is 2.16 bits per heavy atom. The van der Waals surface area contributed by atoms with Gasteiger partial charge in [-0.2, -0.15) is 0 Å². The average Bonchev–Trinajstić information content (AvgIpc) is 2.92. The van der Waals surface area contributed by atoms with Gasteiger partial charge in [0.1, 0.15) is 4.88 Å². The number of carbonyl (C=O) groups excluding carboxylic acids is 1. The zero-order valence-electron chi connectivity index (χ0n) is 10.8. The highest BCUT2D eigenvalue weighted by Crippen LogP contribution is 2.44. The lowest BCUT2D eigenvalue weighted by molar-refractivity contribution is 0.0607. The zero-order valence-corrected chi connectivity index (χ0v) is 14.6. The van der Waals surface area contributed by atoms with Gasteiger partial charge in [-0.1, -0.05) is 13.8 Å². The maximum atomic E-state index is 11.8. The van der Waals surface area contributed by atoms with Crippen LogP contribution in [-0.4, -0.2) is 13.1 Å². The van der Waals surface area contributed by atoms with Crippen LogP contribution in [0.15, 0.2) is 11.4 Å². The summed E-state index contributed by atoms with van der Waals surface area (Å²) < 4.78 is 6.02. The predicted octanol–water partition coefficient (Wildman–Crippen LogP) is 4.57. The van der Waals surface area contributed by atoms with Crippen LogP contribution in [-0.2, 0) is 4.74 Å². The van der Waals surface area contributed by atoms with E-state index < -0.39 is 0 Å². The third-order valence-corrected chi connectivity index (χ3v) is 5.80. The number of rotatable bonds is 3. The van der Waals surface area contributed by atoms with Crippen molar-refractivity contribution in [1.82, 2.24) is 0 Å². The highest BCUT2D eigenvalue weighted by atomic mass is 127. The van der Waals surface area contributed by atoms with Gasteiger partial charge in [0.05, 0.1) is 15.7 Å². The van der Waals surface area contributed by atoms with E-state index in [1.807, 2.05) is 0 Å². The molecule has 0 aliphatic carbocycles. The van der Waals surface area contributed by atoms with Gasteiger partial charge in [0.15, 0.2) is 0 Å². The summed E-state index contributed by atoms with van der Waals surface area (Å²) in [5.41, 5.74) is 8.87. The molecule has 6 heteroatoms. The first kappa shape index (κ1) is 14.8. The minimum absolute atomic E-state index is 0.266. The van der Waals surface area contributed by atoms with Crippen molar-refractivity contribution in [2.75, 3.05) is 12.8 Å². The van der Waals surface area contributed by atoms with Crippen molar-refractivity contribution in [3.63, 3.8) is 0 Å². The number of nitrogen functional groups attached to an aromatic ring is 1. The summed E-state index contributed by atoms with van der Waals surface area (Å²) in [5, 5.41) is 2.10. The van der Waals surface area contributed by atoms with E-state index in [1.54, 1.807) is 11.3 Å². The summed E-state index contributed by atoms with van der Waals surface area (Å²) >= 11 is 5.40. The molecule has 2 heterocycles. The van der Waals surface area contributed by atoms with Crippen LogP contribution >= 0.6 is 45.3 Å². The second-order valence-corrected chi connectivity index (χ2v) is 8.20. The molecule has 0 bridgehead atoms. The van der Waals surface area contributed by atoms with E-state index in [-0.39, 0.29) is 11.9 Å². The highest BCUT2D eigenvalue weighted by Gasteiger charge is 2.24. The monoisotopic (exact) mass is 407 g/mol. The normalized spacial score (nSPS) is 11.0. The number of hydrogen-bond donors (Lipinski definition) is 1. The summed E-state index contributed by atoms with van der Waals surface area (Å²) in [7, 11) is 1.38. The van der Waals surface area contributed by atoms with Crippen molar-refractivity contribution in [1.29, 1.82) is 0 Å². The van der Waals surface area contributed by atoms with Gasteiger partial charge in [0.2, 0.25) is 0 Å². The Hall–Kier alpha value is -0.600. The molecule has 0 aromatic carbocycles. The van der Waals surface area contributed by atoms with E-state index in [0.29, 0.717) is 10.6 Å². The van der Waals surface area contributed by atoms with Gasteiger partial charge in [0, 0.05) is 15.8 Å². The molecule has 2 aromatic heterocycles. The standard InChI is InChI=1S/C13H14INO2S2/c1-6(2)9-10(15)12(13(16)17-3)19-11(9)7-4-8(14)18-5-7/h4-6H,15H2,1-3H3. The summed E-state index contributed by atoms with van der Waals surface area (Å²) in [6.07, 6.45) is 0. The molecule has 0 aliphatic heterocycles. The first-order chi connectivity index (χ1) is 8.95. The molecule has 0 fully saturated rings. The third-order valence-electron chi connectivity index (χ3n) is 2.76. The van der Waals surface area contributed by atoms with Crippen LogP contribution in [0, 0.1) is 2.88 Å². The van der Waals surface area contributed by atoms with Crippen molar-refractivity contribution >= 4 is 56.9 Å². The molecule has 0 unspecified atom stereocenters. The van der Waals surface area contributed by atoms with Gasteiger partial charge in [-0.25, -0.2) is 4.79 Å². The number of hydrogen-bond acceptors (Lipinski definition) is 5. The van der Waals surface area contributed by atoms with E-state index in [9.17, 15) is 4.79 Å². The van der Waals surface area contributed by atoms with Gasteiger partial charge in [-0.15, -0.1) is 22.7 Å². The summed E-state index contributed by atoms with van der Waals surface area (Å²) in [6, 6.07) is 2.11. The van der Waals surface area contributed by atoms with Gasteiger partial charge in [-0.05, 0) is 40.1 Å². The molecule has 19 heavy (non-hydrogen) atoms. The lowest BCUT2D eigenvalue weighted by atomic mass is 9.99. The Morgan fingerprint density at radius 3 is 2.63 bits per heavy atom. The second-order valence-electron chi connectivity index (χ2n) is 4.37. The Labute approximate surface area is 133 Å². The Morgan fingerprint density at radius 1 is 1.47 bits per heavy atom. The number of carbonyl (C=O) groups is 1. The van der Waals surface area contributed by atoms with Crippen molar-refractivity contribution in [3.8, 4) is 10.4 Å². The molecule has 0 atom stereocenters. The van der Waals surface area contributed by atoms with Crippen LogP contribution in [0.5, 0.6) is 0 Å². The van der Waals surface area contributed by atoms with Crippen molar-refractivity contribution < 1.29 is 9.53 Å². The topological polar surface area (TPSA) is 52.3 Å². The fraction of sp³-hybridized carbons (Fsp3) is 0.308. The second kappa shape index (κ2) is 5.80. The highest BCUT2D eigenvalue weighted by molar-refractivity contribution is 14.1. The fourth-order valence-electron chi connectivity index (χ4n) is 1.92. The third kappa shape index (κ3) is 2.80. The fourth-order valence-corrected chi connectivity index (χ4v) is 4.61. The molecule has 2 N–H and O–H groups in total. The number of ether oxygens (including phenoxy) is 1. The summed E-state index contributed by atoms with van der Waals surface area (Å²) in [4.78, 5) is 13.3. The van der Waals surface area contributed by atoms with Gasteiger partial charge < -0.3 is 10.5 Å². The van der Waals surface area contributed by atoms with Crippen LogP contribution < -0.4 is 5.73 Å². The molecule has 2 aromatic rings. The van der Waals surface area contributed by atoms with Crippen molar-refractivity contribution in [2.24, 2.45) is 0 Å². The van der Waals surface area contributed by atoms with Gasteiger partial charge >= 0.3 is 5.97 Å². The SMILES string of the molecule is COC(=O)c1sc(-c2csc(I)c2)c(C(C)C)c1N. The lowest BCUT2D eigenvalue weighted by Gasteiger charge is -2.07. The summed E-state index contributed by atoms with van der Waals surface area (Å²) in [6.45, 7) is 4.17. The minimum atomic E-state index is -0.361. The van der Waals surface area contributed by atoms with Crippen molar-refractivity contribution in [2.45, 2.75) is 19.8 Å². The van der Waals surface area contributed by atoms with Gasteiger partial charge in [0.25, 0.3) is 0 Å². The first-order valence-electron chi connectivity index (χ1n) is 5.70. The van der Waals surface area contributed by atoms with E-state index in [1.165, 1.54) is 21.3 Å². The largest absolute Gasteiger partial charge is 0.465 e. The number of esters is 1. The van der Waals surface area contributed by atoms with Gasteiger partial charge in [-0.3, -0.25) is 0 Å². The molecular weight excluding hydrogens is 393 g/mol. The van der Waals surface area contributed by atoms with E-state index in [4.69, 9.17) is 10.5 Å². The van der Waals surface area contributed by atoms with Crippen molar-refractivity contribution in [3.05, 3.63) is 24.8 Å². The molecule has 0 spiro atoms. The van der Waals surface area contributed by atoms with Crippen LogP contribution in [0.3, 0.4) is 0 Å². The van der Waals surface area contributed by atoms with Crippen LogP contribution in [0.4, 0.5) is 5.69 Å². The Balaban J connectivity index is 2.63. The van der Waals surface area contributed by atoms with E-state index >= 15 is 0 Å². The molecule has 0 amide bonds. The molecular formula is C13H14INO2S2. The van der Waals surface area contributed by atoms with Crippen LogP contribution in [0.1, 0.15) is 35.0 Å². The van der Waals surface area contributed by atoms with Crippen LogP contribution in [0.25, 0.3) is 10.4 Å². The van der Waals surface area contributed by atoms with Crippen LogP contribution in [0.2, 0.25) is 0 Å². The molecule has 0 aliphatic rings. The first-order valence-corrected chi connectivity index (χ1v) is 8.48. The molecule has 2 rings (SSSR count). The number of halogens is 1. The minimum Gasteiger partial charge on any atom is -0.465 e. The maximum absolute atomic E-state index is 11.8. The van der Waals surface area contributed by atoms with E-state index in [2.05, 4.69) is 47.9 Å². The number of nitrogens with two attached hydrogens (primary N) is 1. The van der Waals surface area contributed by atoms with E-state index in [0.717, 1.165) is 16.0 Å². The summed E-state index contributed by atoms with van der Waals surface area (Å²) in [5.74, 6) is -0.0946. The quantitative estimate of drug-likeness (QED) is 0.599. The number of anilines is 1. The predicted molar refractivity (Wildman–Crippen MR) is 90.2 cm³/mol. The molecule has 0 saturated heterocycles. The molecule has 0 saturated carbocycles. The Kier molecular flexibility index (Phi) is 4.52. The molecule has 102 valence electrons.